The third kappa shape index (κ3) is 3.03. The molecule has 1 atom stereocenters. The van der Waals surface area contributed by atoms with Crippen molar-refractivity contribution in [3.05, 3.63) is 29.6 Å². The van der Waals surface area contributed by atoms with E-state index >= 15 is 0 Å². The van der Waals surface area contributed by atoms with Crippen LogP contribution in [0.2, 0.25) is 0 Å². The summed E-state index contributed by atoms with van der Waals surface area (Å²) in [6, 6.07) is 2.80. The van der Waals surface area contributed by atoms with E-state index in [0.29, 0.717) is 0 Å². The predicted octanol–water partition coefficient (Wildman–Crippen LogP) is 0.376. The van der Waals surface area contributed by atoms with Crippen LogP contribution in [0.4, 0.5) is 0 Å². The van der Waals surface area contributed by atoms with E-state index in [4.69, 9.17) is 5.11 Å². The van der Waals surface area contributed by atoms with Gasteiger partial charge in [-0.1, -0.05) is 0 Å². The number of methoxy groups -OCH3 is 1. The molecular weight excluding hydrogens is 214 g/mol. The van der Waals surface area contributed by atoms with Gasteiger partial charge in [0.25, 0.3) is 0 Å². The van der Waals surface area contributed by atoms with Gasteiger partial charge in [0.15, 0.2) is 0 Å². The molecule has 0 fully saturated rings. The van der Waals surface area contributed by atoms with E-state index < -0.39 is 24.5 Å². The maximum atomic E-state index is 11.1. The number of aliphatic hydroxyl groups excluding tert-OH is 1. The Balaban J connectivity index is 2.78. The minimum atomic E-state index is -1.18. The highest BCUT2D eigenvalue weighted by Crippen LogP contribution is 2.14. The van der Waals surface area contributed by atoms with Crippen molar-refractivity contribution in [3.63, 3.8) is 0 Å². The first-order valence-corrected chi connectivity index (χ1v) is 4.48. The number of esters is 1. The molecule has 16 heavy (non-hydrogen) atoms. The summed E-state index contributed by atoms with van der Waals surface area (Å²) >= 11 is 0. The molecule has 0 spiro atoms. The van der Waals surface area contributed by atoms with E-state index in [1.807, 2.05) is 0 Å². The van der Waals surface area contributed by atoms with Gasteiger partial charge >= 0.3 is 11.9 Å². The number of hydrogen-bond donors (Lipinski definition) is 2. The van der Waals surface area contributed by atoms with Gasteiger partial charge < -0.3 is 14.9 Å². The minimum absolute atomic E-state index is 0.204. The summed E-state index contributed by atoms with van der Waals surface area (Å²) in [6.45, 7) is 0. The Morgan fingerprint density at radius 3 is 2.62 bits per heavy atom. The summed E-state index contributed by atoms with van der Waals surface area (Å²) in [6.07, 6.45) is -0.374. The fourth-order valence-electron chi connectivity index (χ4n) is 1.11. The first-order chi connectivity index (χ1) is 7.54. The first kappa shape index (κ1) is 12.1. The second-order valence-corrected chi connectivity index (χ2v) is 3.08. The van der Waals surface area contributed by atoms with Gasteiger partial charge in [0.1, 0.15) is 6.10 Å². The van der Waals surface area contributed by atoms with E-state index in [0.717, 1.165) is 0 Å². The molecule has 6 nitrogen and oxygen atoms in total. The van der Waals surface area contributed by atoms with Crippen LogP contribution in [0.25, 0.3) is 0 Å². The molecule has 0 aromatic carbocycles. The number of pyridine rings is 1. The highest BCUT2D eigenvalue weighted by atomic mass is 16.5. The van der Waals surface area contributed by atoms with Crippen molar-refractivity contribution in [2.75, 3.05) is 7.11 Å². The Morgan fingerprint density at radius 1 is 1.50 bits per heavy atom. The molecule has 1 aromatic rings. The summed E-state index contributed by atoms with van der Waals surface area (Å²) in [7, 11) is 1.25. The Morgan fingerprint density at radius 2 is 2.19 bits per heavy atom. The average molecular weight is 225 g/mol. The maximum Gasteiger partial charge on any atom is 0.339 e. The summed E-state index contributed by atoms with van der Waals surface area (Å²) < 4.78 is 4.47. The van der Waals surface area contributed by atoms with Crippen LogP contribution in [-0.2, 0) is 9.53 Å². The van der Waals surface area contributed by atoms with Crippen LogP contribution in [0.3, 0.4) is 0 Å². The monoisotopic (exact) mass is 225 g/mol. The van der Waals surface area contributed by atoms with E-state index in [-0.39, 0.29) is 11.3 Å². The normalized spacial score (nSPS) is 11.9. The summed E-state index contributed by atoms with van der Waals surface area (Å²) in [5.74, 6) is -1.65. The lowest BCUT2D eigenvalue weighted by molar-refractivity contribution is -0.139. The number of carboxylic acids is 1. The van der Waals surface area contributed by atoms with Gasteiger partial charge in [0, 0.05) is 6.20 Å². The number of aromatic nitrogens is 1. The van der Waals surface area contributed by atoms with Gasteiger partial charge in [0.05, 0.1) is 24.8 Å². The lowest BCUT2D eigenvalue weighted by atomic mass is 10.1. The van der Waals surface area contributed by atoms with Crippen molar-refractivity contribution >= 4 is 11.9 Å². The van der Waals surface area contributed by atoms with Gasteiger partial charge in [-0.2, -0.15) is 0 Å². The Kier molecular flexibility index (Phi) is 3.96. The molecular formula is C10H11NO5. The van der Waals surface area contributed by atoms with Crippen LogP contribution in [0.15, 0.2) is 18.3 Å². The van der Waals surface area contributed by atoms with Crippen LogP contribution in [0.1, 0.15) is 28.6 Å². The molecule has 0 aliphatic carbocycles. The molecule has 6 heteroatoms. The minimum Gasteiger partial charge on any atom is -0.481 e. The molecule has 1 rings (SSSR count). The van der Waals surface area contributed by atoms with Crippen molar-refractivity contribution in [2.24, 2.45) is 0 Å². The second kappa shape index (κ2) is 5.22. The fourth-order valence-corrected chi connectivity index (χ4v) is 1.11. The summed E-state index contributed by atoms with van der Waals surface area (Å²) in [4.78, 5) is 25.2. The topological polar surface area (TPSA) is 96.7 Å². The van der Waals surface area contributed by atoms with Crippen LogP contribution in [0.5, 0.6) is 0 Å². The van der Waals surface area contributed by atoms with Crippen LogP contribution >= 0.6 is 0 Å². The van der Waals surface area contributed by atoms with E-state index in [1.54, 1.807) is 0 Å². The number of hydrogen-bond acceptors (Lipinski definition) is 5. The molecule has 0 amide bonds. The van der Waals surface area contributed by atoms with Gasteiger partial charge in [-0.15, -0.1) is 0 Å². The molecule has 0 aliphatic heterocycles. The van der Waals surface area contributed by atoms with Gasteiger partial charge in [-0.25, -0.2) is 4.79 Å². The number of rotatable bonds is 4. The van der Waals surface area contributed by atoms with E-state index in [1.165, 1.54) is 25.4 Å². The van der Waals surface area contributed by atoms with Gasteiger partial charge in [-0.05, 0) is 12.1 Å². The first-order valence-electron chi connectivity index (χ1n) is 4.48. The molecule has 0 radical (unpaired) electrons. The molecule has 0 aliphatic rings. The van der Waals surface area contributed by atoms with Crippen LogP contribution in [-0.4, -0.2) is 34.2 Å². The van der Waals surface area contributed by atoms with Gasteiger partial charge in [-0.3, -0.25) is 9.78 Å². The van der Waals surface area contributed by atoms with Crippen molar-refractivity contribution < 1.29 is 24.5 Å². The van der Waals surface area contributed by atoms with Crippen molar-refractivity contribution in [1.29, 1.82) is 0 Å². The quantitative estimate of drug-likeness (QED) is 0.719. The Bertz CT molecular complexity index is 387. The molecule has 1 aromatic heterocycles. The SMILES string of the molecule is COC(=O)c1ccc([C@H](O)CC(=O)O)nc1. The standard InChI is InChI=1S/C10H11NO5/c1-16-10(15)6-2-3-7(11-5-6)8(12)4-9(13)14/h2-3,5,8,12H,4H2,1H3,(H,13,14)/t8-/m1/s1. The molecule has 0 saturated carbocycles. The largest absolute Gasteiger partial charge is 0.481 e. The lowest BCUT2D eigenvalue weighted by Crippen LogP contribution is -2.08. The predicted molar refractivity (Wildman–Crippen MR) is 52.8 cm³/mol. The zero-order valence-corrected chi connectivity index (χ0v) is 8.58. The summed E-state index contributed by atoms with van der Waals surface area (Å²) in [5, 5.41) is 17.9. The highest BCUT2D eigenvalue weighted by Gasteiger charge is 2.14. The van der Waals surface area contributed by atoms with Gasteiger partial charge in [0.2, 0.25) is 0 Å². The van der Waals surface area contributed by atoms with Crippen LogP contribution < -0.4 is 0 Å². The average Bonchev–Trinajstić information content (AvgIpc) is 2.27. The second-order valence-electron chi connectivity index (χ2n) is 3.08. The van der Waals surface area contributed by atoms with Crippen molar-refractivity contribution in [1.82, 2.24) is 4.98 Å². The fraction of sp³-hybridized carbons (Fsp3) is 0.300. The third-order valence-corrected chi connectivity index (χ3v) is 1.92. The molecule has 0 bridgehead atoms. The van der Waals surface area contributed by atoms with E-state index in [2.05, 4.69) is 9.72 Å². The van der Waals surface area contributed by atoms with E-state index in [9.17, 15) is 14.7 Å². The highest BCUT2D eigenvalue weighted by molar-refractivity contribution is 5.88. The van der Waals surface area contributed by atoms with Crippen molar-refractivity contribution in [2.45, 2.75) is 12.5 Å². The number of carboxylic acid groups (broad SMARTS) is 1. The lowest BCUT2D eigenvalue weighted by Gasteiger charge is -2.07. The Labute approximate surface area is 91.5 Å². The number of ether oxygens (including phenoxy) is 1. The summed E-state index contributed by atoms with van der Waals surface area (Å²) in [5.41, 5.74) is 0.448. The zero-order chi connectivity index (χ0) is 12.1. The smallest absolute Gasteiger partial charge is 0.339 e. The number of carbonyl (C=O) groups is 2. The number of aliphatic hydroxyl groups is 1. The molecule has 0 unspecified atom stereocenters. The molecule has 1 heterocycles. The number of aliphatic carboxylic acids is 1. The zero-order valence-electron chi connectivity index (χ0n) is 8.58. The van der Waals surface area contributed by atoms with Crippen molar-refractivity contribution in [3.8, 4) is 0 Å². The maximum absolute atomic E-state index is 11.1. The van der Waals surface area contributed by atoms with Crippen LogP contribution in [0, 0.1) is 0 Å². The number of carbonyl (C=O) groups excluding carboxylic acids is 1. The third-order valence-electron chi connectivity index (χ3n) is 1.92. The molecule has 86 valence electrons. The molecule has 2 N–H and O–H groups in total. The molecule has 0 saturated heterocycles. The Hall–Kier alpha value is -1.95. The number of nitrogens with zero attached hydrogens (tertiary/aromatic N) is 1.